The van der Waals surface area contributed by atoms with Crippen LogP contribution in [-0.4, -0.2) is 47.1 Å². The van der Waals surface area contributed by atoms with Gasteiger partial charge in [0.15, 0.2) is 0 Å². The van der Waals surface area contributed by atoms with Gasteiger partial charge in [-0.2, -0.15) is 0 Å². The van der Waals surface area contributed by atoms with Gasteiger partial charge in [0.05, 0.1) is 5.02 Å². The van der Waals surface area contributed by atoms with E-state index in [1.165, 1.54) is 12.1 Å². The number of carbonyl (C=O) groups is 3. The molecule has 0 radical (unpaired) electrons. The van der Waals surface area contributed by atoms with Crippen molar-refractivity contribution in [3.63, 3.8) is 0 Å². The minimum absolute atomic E-state index is 0. The SMILES string of the molecule is CC(C)(C)C1CCC2(CC1)N=C(c1ccc(F)c(Cl)c1)C(=O)N2CCc1ccc(C(=O)NCCC(=O)[O-])cc1.[Na+]. The molecule has 10 heteroatoms. The molecule has 2 aromatic carbocycles. The van der Waals surface area contributed by atoms with Crippen LogP contribution in [0.3, 0.4) is 0 Å². The molecule has 1 fully saturated rings. The smallest absolute Gasteiger partial charge is 0.550 e. The van der Waals surface area contributed by atoms with E-state index in [1.807, 2.05) is 17.0 Å². The molecule has 0 atom stereocenters. The number of benzene rings is 2. The zero-order valence-electron chi connectivity index (χ0n) is 23.6. The molecule has 2 amide bonds. The van der Waals surface area contributed by atoms with Crippen molar-refractivity contribution in [2.45, 2.75) is 65.0 Å². The Balaban J connectivity index is 0.00000441. The molecule has 1 saturated carbocycles. The molecule has 0 bridgehead atoms. The summed E-state index contributed by atoms with van der Waals surface area (Å²) in [5.74, 6) is -1.77. The van der Waals surface area contributed by atoms with Crippen molar-refractivity contribution in [3.05, 3.63) is 70.0 Å². The number of aliphatic imine (C=N–C) groups is 1. The number of nitrogens with zero attached hydrogens (tertiary/aromatic N) is 2. The van der Waals surface area contributed by atoms with Crippen molar-refractivity contribution in [2.24, 2.45) is 16.3 Å². The Hall–Kier alpha value is -2.26. The fourth-order valence-corrected chi connectivity index (χ4v) is 5.73. The molecule has 7 nitrogen and oxygen atoms in total. The van der Waals surface area contributed by atoms with Gasteiger partial charge in [0.1, 0.15) is 17.2 Å². The van der Waals surface area contributed by atoms with Crippen molar-refractivity contribution < 1.29 is 53.4 Å². The van der Waals surface area contributed by atoms with E-state index in [0.717, 1.165) is 31.2 Å². The number of nitrogens with one attached hydrogen (secondary N) is 1. The molecule has 1 spiro atoms. The molecular formula is C30H34ClFN3NaO4. The number of carboxylic acids is 1. The van der Waals surface area contributed by atoms with Crippen molar-refractivity contribution in [2.75, 3.05) is 13.1 Å². The Labute approximate surface area is 261 Å². The first-order valence-electron chi connectivity index (χ1n) is 13.3. The van der Waals surface area contributed by atoms with Crippen LogP contribution < -0.4 is 40.0 Å². The van der Waals surface area contributed by atoms with E-state index in [1.54, 1.807) is 18.2 Å². The molecule has 0 saturated heterocycles. The minimum Gasteiger partial charge on any atom is -0.550 e. The number of carbonyl (C=O) groups excluding carboxylic acids is 3. The monoisotopic (exact) mass is 577 g/mol. The minimum atomic E-state index is -1.22. The average Bonchev–Trinajstić information content (AvgIpc) is 3.14. The van der Waals surface area contributed by atoms with E-state index in [4.69, 9.17) is 16.6 Å². The number of carboxylic acid groups (broad SMARTS) is 1. The first-order chi connectivity index (χ1) is 18.4. The van der Waals surface area contributed by atoms with Crippen LogP contribution in [0, 0.1) is 17.2 Å². The maximum Gasteiger partial charge on any atom is 1.00 e. The van der Waals surface area contributed by atoms with Crippen molar-refractivity contribution in [1.29, 1.82) is 0 Å². The van der Waals surface area contributed by atoms with Crippen LogP contribution >= 0.6 is 11.6 Å². The third-order valence-electron chi connectivity index (χ3n) is 7.93. The molecular weight excluding hydrogens is 544 g/mol. The topological polar surface area (TPSA) is 102 Å². The third kappa shape index (κ3) is 7.32. The van der Waals surface area contributed by atoms with Gasteiger partial charge >= 0.3 is 29.6 Å². The van der Waals surface area contributed by atoms with E-state index in [-0.39, 0.29) is 64.8 Å². The summed E-state index contributed by atoms with van der Waals surface area (Å²) < 4.78 is 13.8. The summed E-state index contributed by atoms with van der Waals surface area (Å²) in [6.45, 7) is 7.18. The third-order valence-corrected chi connectivity index (χ3v) is 8.22. The van der Waals surface area contributed by atoms with Crippen molar-refractivity contribution in [3.8, 4) is 0 Å². The predicted molar refractivity (Wildman–Crippen MR) is 146 cm³/mol. The largest absolute Gasteiger partial charge is 1.00 e. The van der Waals surface area contributed by atoms with Crippen molar-refractivity contribution in [1.82, 2.24) is 10.2 Å². The second-order valence-corrected chi connectivity index (χ2v) is 11.9. The van der Waals surface area contributed by atoms with Gasteiger partial charge < -0.3 is 20.1 Å². The Kier molecular flexibility index (Phi) is 10.6. The Morgan fingerprint density at radius 2 is 1.80 bits per heavy atom. The summed E-state index contributed by atoms with van der Waals surface area (Å²) in [5, 5.41) is 13.1. The number of rotatable bonds is 8. The summed E-state index contributed by atoms with van der Waals surface area (Å²) in [6.07, 6.45) is 3.73. The molecule has 0 aromatic heterocycles. The van der Waals surface area contributed by atoms with Gasteiger partial charge in [0.25, 0.3) is 11.8 Å². The summed E-state index contributed by atoms with van der Waals surface area (Å²) in [6, 6.07) is 11.3. The first kappa shape index (κ1) is 32.3. The number of halogens is 2. The van der Waals surface area contributed by atoms with E-state index >= 15 is 0 Å². The van der Waals surface area contributed by atoms with Gasteiger partial charge in [-0.1, -0.05) is 44.5 Å². The average molecular weight is 578 g/mol. The van der Waals surface area contributed by atoms with E-state index in [2.05, 4.69) is 26.1 Å². The van der Waals surface area contributed by atoms with Crippen LogP contribution in [0.1, 0.15) is 74.4 Å². The number of hydrogen-bond acceptors (Lipinski definition) is 5. The van der Waals surface area contributed by atoms with E-state index in [0.29, 0.717) is 35.7 Å². The second kappa shape index (κ2) is 13.1. The van der Waals surface area contributed by atoms with E-state index in [9.17, 15) is 23.9 Å². The van der Waals surface area contributed by atoms with Crippen LogP contribution in [0.15, 0.2) is 47.5 Å². The van der Waals surface area contributed by atoms with Crippen LogP contribution in [0.4, 0.5) is 4.39 Å². The zero-order chi connectivity index (χ0) is 28.4. The molecule has 1 aliphatic heterocycles. The maximum absolute atomic E-state index is 13.8. The van der Waals surface area contributed by atoms with Gasteiger partial charge in [-0.3, -0.25) is 14.6 Å². The summed E-state index contributed by atoms with van der Waals surface area (Å²) >= 11 is 6.03. The predicted octanol–water partition coefficient (Wildman–Crippen LogP) is 1.16. The van der Waals surface area contributed by atoms with Gasteiger partial charge in [0.2, 0.25) is 0 Å². The van der Waals surface area contributed by atoms with Crippen LogP contribution in [-0.2, 0) is 16.0 Å². The van der Waals surface area contributed by atoms with Gasteiger partial charge in [0, 0.05) is 36.6 Å². The molecule has 1 heterocycles. The first-order valence-corrected chi connectivity index (χ1v) is 13.7. The molecule has 4 rings (SSSR count). The normalized spacial score (nSPS) is 20.7. The van der Waals surface area contributed by atoms with Crippen LogP contribution in [0.2, 0.25) is 5.02 Å². The summed E-state index contributed by atoms with van der Waals surface area (Å²) in [4.78, 5) is 43.4. The van der Waals surface area contributed by atoms with Gasteiger partial charge in [-0.15, -0.1) is 0 Å². The van der Waals surface area contributed by atoms with E-state index < -0.39 is 17.4 Å². The molecule has 1 aliphatic carbocycles. The van der Waals surface area contributed by atoms with Crippen LogP contribution in [0.5, 0.6) is 0 Å². The molecule has 208 valence electrons. The second-order valence-electron chi connectivity index (χ2n) is 11.5. The number of amides is 2. The van der Waals surface area contributed by atoms with Crippen molar-refractivity contribution >= 4 is 35.1 Å². The van der Waals surface area contributed by atoms with Gasteiger partial charge in [-0.05, 0) is 79.3 Å². The Morgan fingerprint density at radius 1 is 1.15 bits per heavy atom. The molecule has 1 N–H and O–H groups in total. The number of hydrogen-bond donors (Lipinski definition) is 1. The Morgan fingerprint density at radius 3 is 2.38 bits per heavy atom. The Bertz CT molecular complexity index is 1280. The number of aliphatic carboxylic acids is 1. The fourth-order valence-electron chi connectivity index (χ4n) is 5.55. The molecule has 0 unspecified atom stereocenters. The quantitative estimate of drug-likeness (QED) is 0.476. The summed E-state index contributed by atoms with van der Waals surface area (Å²) in [5.41, 5.74) is 1.73. The standard InChI is InChI=1S/C30H35ClFN3O4.Na/c1-29(2,3)22-10-14-30(15-11-22)34-26(21-8-9-24(32)23(31)18-21)28(39)35(30)17-13-19-4-6-20(7-5-19)27(38)33-16-12-25(36)37;/h4-9,18,22H,10-17H2,1-3H3,(H,33,38)(H,36,37);/q;+1/p-1. The summed E-state index contributed by atoms with van der Waals surface area (Å²) in [7, 11) is 0. The molecule has 40 heavy (non-hydrogen) atoms. The molecule has 2 aliphatic rings. The fraction of sp³-hybridized carbons (Fsp3) is 0.467. The van der Waals surface area contributed by atoms with Gasteiger partial charge in [-0.25, -0.2) is 4.39 Å². The molecule has 2 aromatic rings. The maximum atomic E-state index is 13.8. The van der Waals surface area contributed by atoms with Crippen LogP contribution in [0.25, 0.3) is 0 Å². The zero-order valence-corrected chi connectivity index (χ0v) is 26.3.